The van der Waals surface area contributed by atoms with Crippen molar-refractivity contribution in [1.29, 1.82) is 0 Å². The zero-order chi connectivity index (χ0) is 11.7. The van der Waals surface area contributed by atoms with Gasteiger partial charge in [0.2, 0.25) is 0 Å². The van der Waals surface area contributed by atoms with Gasteiger partial charge in [0.15, 0.2) is 11.5 Å². The Morgan fingerprint density at radius 2 is 2.41 bits per heavy atom. The molecule has 0 amide bonds. The van der Waals surface area contributed by atoms with E-state index in [0.717, 1.165) is 30.4 Å². The molecule has 17 heavy (non-hydrogen) atoms. The topological polar surface area (TPSA) is 60.7 Å². The summed E-state index contributed by atoms with van der Waals surface area (Å²) < 4.78 is 12.6. The van der Waals surface area contributed by atoms with Crippen molar-refractivity contribution in [1.82, 2.24) is 19.9 Å². The summed E-state index contributed by atoms with van der Waals surface area (Å²) in [7, 11) is 1.65. The van der Waals surface area contributed by atoms with Crippen molar-refractivity contribution < 1.29 is 9.47 Å². The molecule has 0 saturated carbocycles. The highest BCUT2D eigenvalue weighted by molar-refractivity contribution is 5.41. The van der Waals surface area contributed by atoms with E-state index in [1.165, 1.54) is 0 Å². The van der Waals surface area contributed by atoms with Gasteiger partial charge in [0, 0.05) is 6.54 Å². The van der Waals surface area contributed by atoms with E-state index in [9.17, 15) is 0 Å². The number of nitrogens with zero attached hydrogens (tertiary/aromatic N) is 3. The molecule has 0 aliphatic carbocycles. The molecule has 0 radical (unpaired) electrons. The standard InChI is InChI=1S/C11H14N4O2/c1-16-8-2-3-10-13-14-11(15(10)6-8)9-7-17-5-4-12-9/h2-3,6,9,12H,4-5,7H2,1H3. The smallest absolute Gasteiger partial charge is 0.161 e. The van der Waals surface area contributed by atoms with E-state index in [0.29, 0.717) is 6.61 Å². The molecular weight excluding hydrogens is 220 g/mol. The predicted octanol–water partition coefficient (Wildman–Crippen LogP) is 0.399. The summed E-state index contributed by atoms with van der Waals surface area (Å²) in [5.74, 6) is 1.65. The number of hydrogen-bond donors (Lipinski definition) is 1. The summed E-state index contributed by atoms with van der Waals surface area (Å²) in [4.78, 5) is 0. The van der Waals surface area contributed by atoms with Crippen molar-refractivity contribution in [2.45, 2.75) is 6.04 Å². The lowest BCUT2D eigenvalue weighted by Crippen LogP contribution is -2.35. The number of fused-ring (bicyclic) bond motifs is 1. The summed E-state index contributed by atoms with van der Waals surface area (Å²) in [6.45, 7) is 2.21. The number of aromatic nitrogens is 3. The second kappa shape index (κ2) is 4.31. The van der Waals surface area contributed by atoms with Crippen molar-refractivity contribution in [3.8, 4) is 5.75 Å². The Balaban J connectivity index is 2.02. The Kier molecular flexibility index (Phi) is 2.66. The van der Waals surface area contributed by atoms with Gasteiger partial charge in [-0.25, -0.2) is 0 Å². The van der Waals surface area contributed by atoms with Crippen molar-refractivity contribution in [2.24, 2.45) is 0 Å². The maximum Gasteiger partial charge on any atom is 0.161 e. The Morgan fingerprint density at radius 1 is 1.47 bits per heavy atom. The molecule has 1 aliphatic heterocycles. The molecule has 2 aromatic rings. The molecule has 0 spiro atoms. The summed E-state index contributed by atoms with van der Waals surface area (Å²) in [6.07, 6.45) is 1.89. The van der Waals surface area contributed by atoms with E-state index >= 15 is 0 Å². The van der Waals surface area contributed by atoms with Gasteiger partial charge in [-0.1, -0.05) is 0 Å². The van der Waals surface area contributed by atoms with Gasteiger partial charge in [0.25, 0.3) is 0 Å². The molecule has 1 fully saturated rings. The lowest BCUT2D eigenvalue weighted by atomic mass is 10.2. The molecule has 1 atom stereocenters. The number of morpholine rings is 1. The van der Waals surface area contributed by atoms with Crippen molar-refractivity contribution in [3.63, 3.8) is 0 Å². The Labute approximate surface area is 98.6 Å². The molecule has 0 aromatic carbocycles. The van der Waals surface area contributed by atoms with E-state index in [2.05, 4.69) is 15.5 Å². The molecule has 1 saturated heterocycles. The largest absolute Gasteiger partial charge is 0.495 e. The maximum atomic E-state index is 5.44. The monoisotopic (exact) mass is 234 g/mol. The van der Waals surface area contributed by atoms with Crippen LogP contribution in [0.25, 0.3) is 5.65 Å². The summed E-state index contributed by atoms with van der Waals surface area (Å²) in [5.41, 5.74) is 0.813. The van der Waals surface area contributed by atoms with E-state index < -0.39 is 0 Å². The van der Waals surface area contributed by atoms with Crippen LogP contribution in [0.2, 0.25) is 0 Å². The molecule has 3 rings (SSSR count). The van der Waals surface area contributed by atoms with E-state index in [4.69, 9.17) is 9.47 Å². The first kappa shape index (κ1) is 10.5. The van der Waals surface area contributed by atoms with Gasteiger partial charge >= 0.3 is 0 Å². The van der Waals surface area contributed by atoms with Crippen LogP contribution in [0.15, 0.2) is 18.3 Å². The molecule has 1 aliphatic rings. The van der Waals surface area contributed by atoms with Crippen molar-refractivity contribution in [2.75, 3.05) is 26.9 Å². The average Bonchev–Trinajstić information content (AvgIpc) is 2.82. The van der Waals surface area contributed by atoms with Gasteiger partial charge in [-0.05, 0) is 12.1 Å². The molecule has 1 unspecified atom stereocenters. The number of pyridine rings is 1. The van der Waals surface area contributed by atoms with Crippen LogP contribution in [0.1, 0.15) is 11.9 Å². The Bertz CT molecular complexity index is 519. The molecule has 3 heterocycles. The number of ether oxygens (including phenoxy) is 2. The van der Waals surface area contributed by atoms with Crippen LogP contribution in [-0.2, 0) is 4.74 Å². The lowest BCUT2D eigenvalue weighted by molar-refractivity contribution is 0.0739. The van der Waals surface area contributed by atoms with Gasteiger partial charge in [-0.3, -0.25) is 4.40 Å². The molecule has 1 N–H and O–H groups in total. The van der Waals surface area contributed by atoms with Crippen LogP contribution in [0.4, 0.5) is 0 Å². The van der Waals surface area contributed by atoms with Crippen molar-refractivity contribution >= 4 is 5.65 Å². The first-order valence-corrected chi connectivity index (χ1v) is 5.58. The fourth-order valence-corrected chi connectivity index (χ4v) is 1.98. The average molecular weight is 234 g/mol. The van der Waals surface area contributed by atoms with Crippen LogP contribution in [0.3, 0.4) is 0 Å². The maximum absolute atomic E-state index is 5.44. The summed E-state index contributed by atoms with van der Waals surface area (Å²) >= 11 is 0. The van der Waals surface area contributed by atoms with Crippen LogP contribution in [0, 0.1) is 0 Å². The number of nitrogens with one attached hydrogen (secondary N) is 1. The quantitative estimate of drug-likeness (QED) is 0.815. The predicted molar refractivity (Wildman–Crippen MR) is 61.1 cm³/mol. The molecule has 6 heteroatoms. The van der Waals surface area contributed by atoms with E-state index in [1.807, 2.05) is 22.7 Å². The van der Waals surface area contributed by atoms with Crippen LogP contribution < -0.4 is 10.1 Å². The highest BCUT2D eigenvalue weighted by atomic mass is 16.5. The minimum atomic E-state index is 0.0888. The van der Waals surface area contributed by atoms with Crippen molar-refractivity contribution in [3.05, 3.63) is 24.2 Å². The molecule has 2 aromatic heterocycles. The SMILES string of the molecule is COc1ccc2nnc(C3COCCN3)n2c1. The van der Waals surface area contributed by atoms with E-state index in [1.54, 1.807) is 7.11 Å². The number of methoxy groups -OCH3 is 1. The number of rotatable bonds is 2. The zero-order valence-electron chi connectivity index (χ0n) is 9.59. The van der Waals surface area contributed by atoms with Crippen LogP contribution in [0.5, 0.6) is 5.75 Å². The Hall–Kier alpha value is -1.66. The normalized spacial score (nSPS) is 20.6. The third-order valence-electron chi connectivity index (χ3n) is 2.87. The molecular formula is C11H14N4O2. The van der Waals surface area contributed by atoms with Gasteiger partial charge < -0.3 is 14.8 Å². The van der Waals surface area contributed by atoms with Gasteiger partial charge in [-0.15, -0.1) is 10.2 Å². The first-order valence-electron chi connectivity index (χ1n) is 5.58. The van der Waals surface area contributed by atoms with Gasteiger partial charge in [-0.2, -0.15) is 0 Å². The zero-order valence-corrected chi connectivity index (χ0v) is 9.59. The number of hydrogen-bond acceptors (Lipinski definition) is 5. The molecule has 0 bridgehead atoms. The summed E-state index contributed by atoms with van der Waals surface area (Å²) in [6, 6.07) is 3.85. The van der Waals surface area contributed by atoms with E-state index in [-0.39, 0.29) is 6.04 Å². The minimum Gasteiger partial charge on any atom is -0.495 e. The molecule has 90 valence electrons. The fraction of sp³-hybridized carbons (Fsp3) is 0.455. The van der Waals surface area contributed by atoms with Gasteiger partial charge in [0.05, 0.1) is 32.6 Å². The highest BCUT2D eigenvalue weighted by Crippen LogP contribution is 2.18. The van der Waals surface area contributed by atoms with Gasteiger partial charge in [0.1, 0.15) is 5.75 Å². The third kappa shape index (κ3) is 1.85. The summed E-state index contributed by atoms with van der Waals surface area (Å²) in [5, 5.41) is 11.7. The first-order chi connectivity index (χ1) is 8.38. The minimum absolute atomic E-state index is 0.0888. The fourth-order valence-electron chi connectivity index (χ4n) is 1.98. The second-order valence-electron chi connectivity index (χ2n) is 3.94. The van der Waals surface area contributed by atoms with Crippen LogP contribution >= 0.6 is 0 Å². The second-order valence-corrected chi connectivity index (χ2v) is 3.94. The molecule has 6 nitrogen and oxygen atoms in total. The van der Waals surface area contributed by atoms with Crippen LogP contribution in [-0.4, -0.2) is 41.5 Å². The third-order valence-corrected chi connectivity index (χ3v) is 2.87. The highest BCUT2D eigenvalue weighted by Gasteiger charge is 2.20. The lowest BCUT2D eigenvalue weighted by Gasteiger charge is -2.22. The Morgan fingerprint density at radius 3 is 3.18 bits per heavy atom.